The second-order valence-electron chi connectivity index (χ2n) is 8.32. The summed E-state index contributed by atoms with van der Waals surface area (Å²) in [6.45, 7) is 11.1. The van der Waals surface area contributed by atoms with Gasteiger partial charge in [0.25, 0.3) is 0 Å². The molecule has 3 fully saturated rings. The lowest BCUT2D eigenvalue weighted by Gasteiger charge is -2.44. The van der Waals surface area contributed by atoms with E-state index in [0.29, 0.717) is 5.41 Å². The molecule has 116 valence electrons. The molecule has 1 saturated heterocycles. The number of nitrogens with zero attached hydrogens (tertiary/aromatic N) is 1. The van der Waals surface area contributed by atoms with Gasteiger partial charge in [-0.1, -0.05) is 40.0 Å². The topological polar surface area (TPSA) is 15.3 Å². The maximum Gasteiger partial charge on any atom is 0.0224 e. The molecule has 3 rings (SSSR count). The lowest BCUT2D eigenvalue weighted by atomic mass is 9.82. The predicted octanol–water partition coefficient (Wildman–Crippen LogP) is 3.67. The Morgan fingerprint density at radius 3 is 2.45 bits per heavy atom. The van der Waals surface area contributed by atoms with Crippen LogP contribution in [0.4, 0.5) is 0 Å². The van der Waals surface area contributed by atoms with Gasteiger partial charge in [0, 0.05) is 31.7 Å². The summed E-state index contributed by atoms with van der Waals surface area (Å²) in [4.78, 5) is 2.84. The molecule has 3 unspecified atom stereocenters. The van der Waals surface area contributed by atoms with Crippen molar-refractivity contribution >= 4 is 0 Å². The minimum absolute atomic E-state index is 0.628. The second kappa shape index (κ2) is 5.96. The highest BCUT2D eigenvalue weighted by atomic mass is 15.2. The molecule has 3 aliphatic rings. The first kappa shape index (κ1) is 14.8. The van der Waals surface area contributed by atoms with Crippen LogP contribution in [0.2, 0.25) is 0 Å². The van der Waals surface area contributed by atoms with Crippen LogP contribution in [0.25, 0.3) is 0 Å². The van der Waals surface area contributed by atoms with Crippen LogP contribution in [-0.4, -0.2) is 36.6 Å². The van der Waals surface area contributed by atoms with Crippen molar-refractivity contribution in [1.82, 2.24) is 10.2 Å². The van der Waals surface area contributed by atoms with Crippen LogP contribution in [0.5, 0.6) is 0 Å². The molecule has 0 radical (unpaired) electrons. The minimum Gasteiger partial charge on any atom is -0.311 e. The van der Waals surface area contributed by atoms with Crippen molar-refractivity contribution in [1.29, 1.82) is 0 Å². The van der Waals surface area contributed by atoms with E-state index >= 15 is 0 Å². The highest BCUT2D eigenvalue weighted by molar-refractivity contribution is 4.99. The summed E-state index contributed by atoms with van der Waals surface area (Å²) in [6.07, 6.45) is 10.1. The summed E-state index contributed by atoms with van der Waals surface area (Å²) in [5.41, 5.74) is 0.628. The van der Waals surface area contributed by atoms with E-state index < -0.39 is 0 Å². The highest BCUT2D eigenvalue weighted by Crippen LogP contribution is 2.52. The first-order valence-corrected chi connectivity index (χ1v) is 9.07. The number of nitrogens with one attached hydrogen (secondary N) is 1. The Hall–Kier alpha value is -0.0800. The molecule has 20 heavy (non-hydrogen) atoms. The molecule has 1 aliphatic heterocycles. The lowest BCUT2D eigenvalue weighted by molar-refractivity contribution is 0.0863. The Morgan fingerprint density at radius 2 is 1.85 bits per heavy atom. The van der Waals surface area contributed by atoms with E-state index in [4.69, 9.17) is 0 Å². The van der Waals surface area contributed by atoms with E-state index in [1.165, 1.54) is 64.6 Å². The van der Waals surface area contributed by atoms with E-state index in [2.05, 4.69) is 31.0 Å². The van der Waals surface area contributed by atoms with Crippen molar-refractivity contribution < 1.29 is 0 Å². The second-order valence-corrected chi connectivity index (χ2v) is 8.32. The fourth-order valence-electron chi connectivity index (χ4n) is 4.53. The van der Waals surface area contributed by atoms with Gasteiger partial charge < -0.3 is 5.32 Å². The van der Waals surface area contributed by atoms with Crippen LogP contribution in [0, 0.1) is 17.3 Å². The Morgan fingerprint density at radius 1 is 1.15 bits per heavy atom. The molecular formula is C18H34N2. The number of hydrogen-bond donors (Lipinski definition) is 1. The van der Waals surface area contributed by atoms with Gasteiger partial charge in [-0.15, -0.1) is 0 Å². The van der Waals surface area contributed by atoms with Gasteiger partial charge in [-0.3, -0.25) is 4.90 Å². The minimum atomic E-state index is 0.628. The summed E-state index contributed by atoms with van der Waals surface area (Å²) < 4.78 is 0. The molecule has 0 aromatic carbocycles. The molecule has 1 heterocycles. The van der Waals surface area contributed by atoms with E-state index in [-0.39, 0.29) is 0 Å². The van der Waals surface area contributed by atoms with Crippen LogP contribution in [0.1, 0.15) is 65.7 Å². The fourth-order valence-corrected chi connectivity index (χ4v) is 4.53. The molecule has 1 N–H and O–H groups in total. The monoisotopic (exact) mass is 278 g/mol. The molecule has 2 aliphatic carbocycles. The molecule has 0 aromatic heterocycles. The van der Waals surface area contributed by atoms with Crippen molar-refractivity contribution in [2.24, 2.45) is 17.3 Å². The SMILES string of the molecule is CCC1CNC(C2CCCCC2)CN1CC1CC1(C)C. The smallest absolute Gasteiger partial charge is 0.0224 e. The molecule has 2 heteroatoms. The summed E-state index contributed by atoms with van der Waals surface area (Å²) in [7, 11) is 0. The zero-order valence-electron chi connectivity index (χ0n) is 13.8. The number of hydrogen-bond acceptors (Lipinski definition) is 2. The van der Waals surface area contributed by atoms with Crippen LogP contribution < -0.4 is 5.32 Å². The van der Waals surface area contributed by atoms with E-state index in [1.807, 2.05) is 0 Å². The van der Waals surface area contributed by atoms with Crippen LogP contribution in [-0.2, 0) is 0 Å². The maximum absolute atomic E-state index is 3.89. The van der Waals surface area contributed by atoms with Gasteiger partial charge in [-0.2, -0.15) is 0 Å². The molecule has 3 atom stereocenters. The zero-order chi connectivity index (χ0) is 14.2. The van der Waals surface area contributed by atoms with Crippen molar-refractivity contribution in [2.75, 3.05) is 19.6 Å². The number of piperazine rings is 1. The van der Waals surface area contributed by atoms with Gasteiger partial charge in [0.2, 0.25) is 0 Å². The standard InChI is InChI=1S/C18H34N2/c1-4-16-11-19-17(14-8-6-5-7-9-14)13-20(16)12-15-10-18(15,2)3/h14-17,19H,4-13H2,1-3H3. The Bertz CT molecular complexity index is 319. The Labute approximate surface area is 125 Å². The third-order valence-electron chi connectivity index (χ3n) is 6.43. The van der Waals surface area contributed by atoms with Gasteiger partial charge in [0.1, 0.15) is 0 Å². The molecule has 0 amide bonds. The zero-order valence-corrected chi connectivity index (χ0v) is 13.8. The molecular weight excluding hydrogens is 244 g/mol. The fraction of sp³-hybridized carbons (Fsp3) is 1.00. The summed E-state index contributed by atoms with van der Waals surface area (Å²) in [5, 5.41) is 3.89. The average molecular weight is 278 g/mol. The van der Waals surface area contributed by atoms with Crippen LogP contribution in [0.15, 0.2) is 0 Å². The van der Waals surface area contributed by atoms with E-state index in [9.17, 15) is 0 Å². The summed E-state index contributed by atoms with van der Waals surface area (Å²) in [6, 6.07) is 1.56. The van der Waals surface area contributed by atoms with Crippen molar-refractivity contribution in [2.45, 2.75) is 77.8 Å². The molecule has 2 nitrogen and oxygen atoms in total. The first-order valence-electron chi connectivity index (χ1n) is 9.07. The van der Waals surface area contributed by atoms with Crippen LogP contribution >= 0.6 is 0 Å². The third kappa shape index (κ3) is 3.22. The largest absolute Gasteiger partial charge is 0.311 e. The van der Waals surface area contributed by atoms with Gasteiger partial charge in [0.05, 0.1) is 0 Å². The maximum atomic E-state index is 3.89. The lowest BCUT2D eigenvalue weighted by Crippen LogP contribution is -2.59. The average Bonchev–Trinajstić information content (AvgIpc) is 3.06. The van der Waals surface area contributed by atoms with Gasteiger partial charge in [0.15, 0.2) is 0 Å². The highest BCUT2D eigenvalue weighted by Gasteiger charge is 2.47. The third-order valence-corrected chi connectivity index (χ3v) is 6.43. The van der Waals surface area contributed by atoms with E-state index in [0.717, 1.165) is 23.9 Å². The quantitative estimate of drug-likeness (QED) is 0.844. The molecule has 0 bridgehead atoms. The van der Waals surface area contributed by atoms with Crippen molar-refractivity contribution in [3.8, 4) is 0 Å². The first-order chi connectivity index (χ1) is 9.60. The van der Waals surface area contributed by atoms with E-state index in [1.54, 1.807) is 0 Å². The Balaban J connectivity index is 1.57. The molecule has 0 spiro atoms. The van der Waals surface area contributed by atoms with Gasteiger partial charge in [-0.05, 0) is 42.9 Å². The Kier molecular flexibility index (Phi) is 4.42. The van der Waals surface area contributed by atoms with Crippen LogP contribution in [0.3, 0.4) is 0 Å². The summed E-state index contributed by atoms with van der Waals surface area (Å²) >= 11 is 0. The van der Waals surface area contributed by atoms with Crippen molar-refractivity contribution in [3.63, 3.8) is 0 Å². The van der Waals surface area contributed by atoms with Gasteiger partial charge >= 0.3 is 0 Å². The molecule has 0 aromatic rings. The summed E-state index contributed by atoms with van der Waals surface area (Å²) in [5.74, 6) is 1.91. The normalized spacial score (nSPS) is 38.9. The van der Waals surface area contributed by atoms with Gasteiger partial charge in [-0.25, -0.2) is 0 Å². The molecule has 2 saturated carbocycles. The number of rotatable bonds is 4. The predicted molar refractivity (Wildman–Crippen MR) is 85.9 cm³/mol. The van der Waals surface area contributed by atoms with Crippen molar-refractivity contribution in [3.05, 3.63) is 0 Å².